The van der Waals surface area contributed by atoms with Gasteiger partial charge in [0, 0.05) is 12.2 Å². The fraction of sp³-hybridized carbons (Fsp3) is 0.357. The third-order valence-electron chi connectivity index (χ3n) is 3.03. The van der Waals surface area contributed by atoms with Crippen LogP contribution in [0, 0.1) is 12.7 Å². The molecular formula is C14H18FN3. The molecule has 0 aliphatic rings. The van der Waals surface area contributed by atoms with Crippen LogP contribution < -0.4 is 5.73 Å². The van der Waals surface area contributed by atoms with Crippen LogP contribution in [0.2, 0.25) is 0 Å². The van der Waals surface area contributed by atoms with Crippen molar-refractivity contribution in [3.8, 4) is 5.69 Å². The van der Waals surface area contributed by atoms with Crippen LogP contribution in [-0.2, 0) is 6.42 Å². The average Bonchev–Trinajstić information content (AvgIpc) is 2.75. The van der Waals surface area contributed by atoms with Crippen molar-refractivity contribution in [2.24, 2.45) is 5.73 Å². The Labute approximate surface area is 106 Å². The van der Waals surface area contributed by atoms with Crippen LogP contribution in [0.25, 0.3) is 5.69 Å². The lowest BCUT2D eigenvalue weighted by atomic mass is 10.0. The molecule has 1 aromatic heterocycles. The lowest BCUT2D eigenvalue weighted by Gasteiger charge is -2.14. The van der Waals surface area contributed by atoms with Crippen molar-refractivity contribution < 1.29 is 4.39 Å². The molecule has 18 heavy (non-hydrogen) atoms. The topological polar surface area (TPSA) is 43.8 Å². The minimum Gasteiger partial charge on any atom is -0.327 e. The molecule has 0 bridgehead atoms. The summed E-state index contributed by atoms with van der Waals surface area (Å²) in [4.78, 5) is 0. The second-order valence-electron chi connectivity index (χ2n) is 4.52. The van der Waals surface area contributed by atoms with Gasteiger partial charge in [0.05, 0.1) is 5.69 Å². The second-order valence-corrected chi connectivity index (χ2v) is 4.52. The highest BCUT2D eigenvalue weighted by Crippen LogP contribution is 2.20. The number of hydrogen-bond donors (Lipinski definition) is 1. The summed E-state index contributed by atoms with van der Waals surface area (Å²) < 4.78 is 15.6. The summed E-state index contributed by atoms with van der Waals surface area (Å²) in [5.41, 5.74) is 8.22. The Morgan fingerprint density at radius 3 is 2.78 bits per heavy atom. The Bertz CT molecular complexity index is 534. The molecule has 2 N–H and O–H groups in total. The smallest absolute Gasteiger partial charge is 0.149 e. The standard InChI is InChI=1S/C14H18FN3/c1-3-12(16)9-11-5-4-6-13(15)14(11)18-8-7-10(2)17-18/h4-8,12H,3,9,16H2,1-2H3. The summed E-state index contributed by atoms with van der Waals surface area (Å²) in [6.07, 6.45) is 3.30. The maximum atomic E-state index is 14.0. The number of nitrogens with two attached hydrogens (primary N) is 1. The number of rotatable bonds is 4. The summed E-state index contributed by atoms with van der Waals surface area (Å²) in [5.74, 6) is -0.265. The van der Waals surface area contributed by atoms with Crippen molar-refractivity contribution in [1.82, 2.24) is 9.78 Å². The molecule has 2 rings (SSSR count). The van der Waals surface area contributed by atoms with Crippen LogP contribution in [0.1, 0.15) is 24.6 Å². The lowest BCUT2D eigenvalue weighted by molar-refractivity contribution is 0.596. The molecule has 0 amide bonds. The van der Waals surface area contributed by atoms with Gasteiger partial charge in [0.2, 0.25) is 0 Å². The molecule has 0 aliphatic heterocycles. The molecule has 3 nitrogen and oxygen atoms in total. The number of para-hydroxylation sites is 1. The van der Waals surface area contributed by atoms with E-state index in [2.05, 4.69) is 5.10 Å². The highest BCUT2D eigenvalue weighted by molar-refractivity contribution is 5.42. The summed E-state index contributed by atoms with van der Waals surface area (Å²) in [6.45, 7) is 3.91. The van der Waals surface area contributed by atoms with Gasteiger partial charge >= 0.3 is 0 Å². The van der Waals surface area contributed by atoms with E-state index in [1.807, 2.05) is 26.0 Å². The van der Waals surface area contributed by atoms with E-state index in [0.717, 1.165) is 17.7 Å². The fourth-order valence-electron chi connectivity index (χ4n) is 1.95. The number of aryl methyl sites for hydroxylation is 1. The van der Waals surface area contributed by atoms with Crippen molar-refractivity contribution in [3.05, 3.63) is 47.5 Å². The van der Waals surface area contributed by atoms with E-state index in [1.165, 1.54) is 6.07 Å². The molecule has 4 heteroatoms. The molecule has 1 unspecified atom stereocenters. The van der Waals surface area contributed by atoms with Gasteiger partial charge in [-0.1, -0.05) is 19.1 Å². The van der Waals surface area contributed by atoms with E-state index >= 15 is 0 Å². The lowest BCUT2D eigenvalue weighted by Crippen LogP contribution is -2.22. The maximum absolute atomic E-state index is 14.0. The van der Waals surface area contributed by atoms with Crippen LogP contribution in [0.5, 0.6) is 0 Å². The Morgan fingerprint density at radius 2 is 2.17 bits per heavy atom. The van der Waals surface area contributed by atoms with E-state index in [4.69, 9.17) is 5.73 Å². The first kappa shape index (κ1) is 12.8. The van der Waals surface area contributed by atoms with Crippen molar-refractivity contribution in [3.63, 3.8) is 0 Å². The average molecular weight is 247 g/mol. The van der Waals surface area contributed by atoms with Gasteiger partial charge in [-0.3, -0.25) is 0 Å². The highest BCUT2D eigenvalue weighted by atomic mass is 19.1. The van der Waals surface area contributed by atoms with Crippen molar-refractivity contribution in [2.45, 2.75) is 32.7 Å². The van der Waals surface area contributed by atoms with Gasteiger partial charge in [-0.05, 0) is 37.5 Å². The summed E-state index contributed by atoms with van der Waals surface area (Å²) in [7, 11) is 0. The number of aromatic nitrogens is 2. The first-order valence-electron chi connectivity index (χ1n) is 6.17. The molecular weight excluding hydrogens is 229 g/mol. The highest BCUT2D eigenvalue weighted by Gasteiger charge is 2.13. The van der Waals surface area contributed by atoms with Gasteiger partial charge in [0.25, 0.3) is 0 Å². The van der Waals surface area contributed by atoms with Crippen molar-refractivity contribution in [2.75, 3.05) is 0 Å². The second kappa shape index (κ2) is 5.31. The predicted octanol–water partition coefficient (Wildman–Crippen LogP) is 2.60. The van der Waals surface area contributed by atoms with E-state index in [0.29, 0.717) is 12.1 Å². The Balaban J connectivity index is 2.44. The maximum Gasteiger partial charge on any atom is 0.149 e. The zero-order chi connectivity index (χ0) is 13.1. The van der Waals surface area contributed by atoms with E-state index in [1.54, 1.807) is 16.9 Å². The Morgan fingerprint density at radius 1 is 1.39 bits per heavy atom. The normalized spacial score (nSPS) is 12.7. The van der Waals surface area contributed by atoms with Crippen LogP contribution in [0.3, 0.4) is 0 Å². The molecule has 1 atom stereocenters. The van der Waals surface area contributed by atoms with Gasteiger partial charge in [-0.15, -0.1) is 0 Å². The third kappa shape index (κ3) is 2.59. The minimum absolute atomic E-state index is 0.0437. The van der Waals surface area contributed by atoms with Crippen LogP contribution in [-0.4, -0.2) is 15.8 Å². The van der Waals surface area contributed by atoms with Crippen LogP contribution in [0.15, 0.2) is 30.5 Å². The zero-order valence-electron chi connectivity index (χ0n) is 10.7. The van der Waals surface area contributed by atoms with Gasteiger partial charge in [0.15, 0.2) is 0 Å². The van der Waals surface area contributed by atoms with Crippen LogP contribution in [0.4, 0.5) is 4.39 Å². The molecule has 96 valence electrons. The molecule has 1 aromatic carbocycles. The Hall–Kier alpha value is -1.68. The van der Waals surface area contributed by atoms with E-state index in [9.17, 15) is 4.39 Å². The minimum atomic E-state index is -0.265. The molecule has 1 heterocycles. The first-order chi connectivity index (χ1) is 8.61. The summed E-state index contributed by atoms with van der Waals surface area (Å²) >= 11 is 0. The zero-order valence-corrected chi connectivity index (χ0v) is 10.7. The summed E-state index contributed by atoms with van der Waals surface area (Å²) in [5, 5.41) is 4.27. The molecule has 0 saturated heterocycles. The molecule has 0 aliphatic carbocycles. The molecule has 0 spiro atoms. The van der Waals surface area contributed by atoms with Crippen molar-refractivity contribution in [1.29, 1.82) is 0 Å². The quantitative estimate of drug-likeness (QED) is 0.902. The SMILES string of the molecule is CCC(N)Cc1cccc(F)c1-n1ccc(C)n1. The largest absolute Gasteiger partial charge is 0.327 e. The fourth-order valence-corrected chi connectivity index (χ4v) is 1.95. The van der Waals surface area contributed by atoms with Gasteiger partial charge < -0.3 is 5.73 Å². The first-order valence-corrected chi connectivity index (χ1v) is 6.17. The van der Waals surface area contributed by atoms with E-state index in [-0.39, 0.29) is 11.9 Å². The van der Waals surface area contributed by atoms with E-state index < -0.39 is 0 Å². The van der Waals surface area contributed by atoms with Crippen molar-refractivity contribution >= 4 is 0 Å². The number of hydrogen-bond acceptors (Lipinski definition) is 2. The third-order valence-corrected chi connectivity index (χ3v) is 3.03. The monoisotopic (exact) mass is 247 g/mol. The Kier molecular flexibility index (Phi) is 3.77. The molecule has 0 radical (unpaired) electrons. The molecule has 2 aromatic rings. The van der Waals surface area contributed by atoms with Gasteiger partial charge in [-0.2, -0.15) is 5.10 Å². The predicted molar refractivity (Wildman–Crippen MR) is 70.2 cm³/mol. The molecule has 0 fully saturated rings. The van der Waals surface area contributed by atoms with Gasteiger partial charge in [0.1, 0.15) is 11.5 Å². The van der Waals surface area contributed by atoms with Crippen LogP contribution >= 0.6 is 0 Å². The number of halogens is 1. The van der Waals surface area contributed by atoms with Gasteiger partial charge in [-0.25, -0.2) is 9.07 Å². The number of nitrogens with zero attached hydrogens (tertiary/aromatic N) is 2. The number of benzene rings is 1. The molecule has 0 saturated carbocycles. The summed E-state index contributed by atoms with van der Waals surface area (Å²) in [6, 6.07) is 6.98.